The molecule has 12 nitrogen and oxygen atoms in total. The molecule has 1 saturated heterocycles. The van der Waals surface area contributed by atoms with Crippen LogP contribution in [0.4, 0.5) is 0 Å². The summed E-state index contributed by atoms with van der Waals surface area (Å²) in [5, 5.41) is 79.4. The first kappa shape index (κ1) is 42.2. The smallest absolute Gasteiger partial charge is 0.312 e. The molecule has 0 bridgehead atoms. The van der Waals surface area contributed by atoms with Gasteiger partial charge in [-0.2, -0.15) is 0 Å². The van der Waals surface area contributed by atoms with E-state index < -0.39 is 71.0 Å². The quantitative estimate of drug-likeness (QED) is 0.127. The van der Waals surface area contributed by atoms with Gasteiger partial charge in [0.15, 0.2) is 6.29 Å². The molecule has 1 aliphatic heterocycles. The molecular formula is C44H67NO11. The van der Waals surface area contributed by atoms with Gasteiger partial charge in [0.05, 0.1) is 38.1 Å². The van der Waals surface area contributed by atoms with Gasteiger partial charge in [-0.15, -0.1) is 0 Å². The van der Waals surface area contributed by atoms with E-state index in [0.29, 0.717) is 32.1 Å². The summed E-state index contributed by atoms with van der Waals surface area (Å²) in [5.74, 6) is -1.26. The van der Waals surface area contributed by atoms with Crippen LogP contribution in [0.1, 0.15) is 97.1 Å². The van der Waals surface area contributed by atoms with Crippen molar-refractivity contribution in [2.75, 3.05) is 26.9 Å². The van der Waals surface area contributed by atoms with E-state index in [1.807, 2.05) is 33.0 Å². The molecule has 1 aromatic rings. The second-order valence-electron chi connectivity index (χ2n) is 20.0. The molecule has 0 spiro atoms. The number of nitrogens with one attached hydrogen (secondary N) is 1. The molecule has 5 aliphatic carbocycles. The Morgan fingerprint density at radius 3 is 2.23 bits per heavy atom. The van der Waals surface area contributed by atoms with Crippen LogP contribution in [-0.4, -0.2) is 111 Å². The molecule has 0 aromatic heterocycles. The molecule has 4 saturated carbocycles. The largest absolute Gasteiger partial charge is 0.481 e. The predicted octanol–water partition coefficient (Wildman–Crippen LogP) is 3.53. The summed E-state index contributed by atoms with van der Waals surface area (Å²) in [6, 6.07) is 8.22. The van der Waals surface area contributed by atoms with Crippen molar-refractivity contribution in [2.24, 2.45) is 50.2 Å². The molecule has 12 heteroatoms. The third-order valence-corrected chi connectivity index (χ3v) is 16.9. The molecule has 6 aliphatic rings. The molecule has 8 N–H and O–H groups in total. The first-order valence-electron chi connectivity index (χ1n) is 20.9. The van der Waals surface area contributed by atoms with Crippen molar-refractivity contribution in [3.63, 3.8) is 0 Å². The Morgan fingerprint density at radius 2 is 1.59 bits per heavy atom. The lowest BCUT2D eigenvalue weighted by molar-refractivity contribution is -0.332. The number of rotatable bonds is 10. The van der Waals surface area contributed by atoms with E-state index in [1.165, 1.54) is 0 Å². The molecule has 7 rings (SSSR count). The van der Waals surface area contributed by atoms with Crippen molar-refractivity contribution in [3.8, 4) is 0 Å². The van der Waals surface area contributed by atoms with E-state index in [9.17, 15) is 40.5 Å². The zero-order valence-corrected chi connectivity index (χ0v) is 34.1. The molecule has 314 valence electrons. The van der Waals surface area contributed by atoms with Crippen LogP contribution in [0.25, 0.3) is 0 Å². The van der Waals surface area contributed by atoms with Gasteiger partial charge < -0.3 is 55.3 Å². The van der Waals surface area contributed by atoms with Crippen LogP contribution in [0.2, 0.25) is 0 Å². The van der Waals surface area contributed by atoms with Gasteiger partial charge in [0.25, 0.3) is 0 Å². The van der Waals surface area contributed by atoms with Crippen molar-refractivity contribution < 1.29 is 54.8 Å². The zero-order chi connectivity index (χ0) is 40.6. The van der Waals surface area contributed by atoms with Gasteiger partial charge in [-0.05, 0) is 109 Å². The number of aliphatic hydroxyl groups is 6. The fourth-order valence-corrected chi connectivity index (χ4v) is 13.5. The van der Waals surface area contributed by atoms with Gasteiger partial charge in [-0.3, -0.25) is 4.79 Å². The SMILES string of the molecule is CNCc1ccc(CO[C@@H]2C[C@@]3(C)[C@@H](CC[C@]4(C)[C@@H]3CC=C3[C@@H]5C[C@@](C)(CO)C[C@@H](O)[C@@]5(C(=O)O)CC[C@]34C)[C@](C)(CO)[C@@H]2O[C@H]2OC[C@@H](O)[C@H](O)[C@H]2O)cc1. The Balaban J connectivity index is 1.27. The zero-order valence-electron chi connectivity index (χ0n) is 34.1. The van der Waals surface area contributed by atoms with Gasteiger partial charge in [0.2, 0.25) is 0 Å². The minimum Gasteiger partial charge on any atom is -0.481 e. The standard InChI is InChI=1S/C44H67NO11/c1-39(23-46)17-28-27-11-12-32-40(2)18-30(54-21-26-9-7-25(8-10-26)20-45-6)36(56-37-35(51)34(50)29(48)22-55-37)41(3,24-47)31(40)13-14-43(32,5)42(27,4)15-16-44(28,38(52)53)33(49)19-39/h7-11,28-37,45-51H,12-24H2,1-6H3,(H,52,53)/t28-,29+,30+,31+,32+,33+,34-,35+,36+,37+,39+,40-,41-,42+,43+,44+/m0/s1. The third-order valence-electron chi connectivity index (χ3n) is 16.9. The number of carbonyl (C=O) groups is 1. The van der Waals surface area contributed by atoms with Crippen LogP contribution in [0.3, 0.4) is 0 Å². The topological polar surface area (TPSA) is 198 Å². The Labute approximate surface area is 331 Å². The monoisotopic (exact) mass is 785 g/mol. The van der Waals surface area contributed by atoms with Crippen LogP contribution in [0.5, 0.6) is 0 Å². The second kappa shape index (κ2) is 14.9. The van der Waals surface area contributed by atoms with Crippen LogP contribution in [0, 0.1) is 50.2 Å². The lowest BCUT2D eigenvalue weighted by Crippen LogP contribution is -2.70. The van der Waals surface area contributed by atoms with E-state index in [2.05, 4.69) is 44.3 Å². The Hall–Kier alpha value is -1.97. The normalized spacial score (nSPS) is 48.8. The maximum atomic E-state index is 13.2. The number of aliphatic hydroxyl groups excluding tert-OH is 6. The number of aliphatic carboxylic acids is 1. The number of carboxylic acids is 1. The second-order valence-corrected chi connectivity index (χ2v) is 20.0. The van der Waals surface area contributed by atoms with Gasteiger partial charge in [0.1, 0.15) is 23.7 Å². The van der Waals surface area contributed by atoms with Crippen molar-refractivity contribution >= 4 is 5.97 Å². The predicted molar refractivity (Wildman–Crippen MR) is 207 cm³/mol. The molecule has 0 radical (unpaired) electrons. The maximum absolute atomic E-state index is 13.2. The van der Waals surface area contributed by atoms with Gasteiger partial charge in [-0.1, -0.05) is 70.5 Å². The summed E-state index contributed by atoms with van der Waals surface area (Å²) < 4.78 is 19.3. The Kier molecular flexibility index (Phi) is 11.2. The summed E-state index contributed by atoms with van der Waals surface area (Å²) in [4.78, 5) is 13.2. The molecule has 16 atom stereocenters. The first-order valence-corrected chi connectivity index (χ1v) is 20.9. The lowest BCUT2D eigenvalue weighted by Gasteiger charge is -2.72. The van der Waals surface area contributed by atoms with Crippen molar-refractivity contribution in [1.82, 2.24) is 5.32 Å². The van der Waals surface area contributed by atoms with Crippen molar-refractivity contribution in [2.45, 2.75) is 142 Å². The minimum atomic E-state index is -1.50. The number of hydrogen-bond acceptors (Lipinski definition) is 11. The van der Waals surface area contributed by atoms with E-state index in [0.717, 1.165) is 36.1 Å². The molecule has 1 aromatic carbocycles. The molecular weight excluding hydrogens is 718 g/mol. The fraction of sp³-hybridized carbons (Fsp3) is 0.795. The highest BCUT2D eigenvalue weighted by Gasteiger charge is 2.72. The van der Waals surface area contributed by atoms with E-state index >= 15 is 0 Å². The number of allylic oxidation sites excluding steroid dienone is 2. The average molecular weight is 786 g/mol. The third kappa shape index (κ3) is 6.27. The van der Waals surface area contributed by atoms with Gasteiger partial charge >= 0.3 is 5.97 Å². The highest BCUT2D eigenvalue weighted by atomic mass is 16.7. The molecule has 1 heterocycles. The lowest BCUT2D eigenvalue weighted by atomic mass is 9.33. The first-order chi connectivity index (χ1) is 26.4. The summed E-state index contributed by atoms with van der Waals surface area (Å²) >= 11 is 0. The fourth-order valence-electron chi connectivity index (χ4n) is 13.5. The van der Waals surface area contributed by atoms with E-state index in [4.69, 9.17) is 14.2 Å². The number of ether oxygens (including phenoxy) is 3. The number of carboxylic acid groups (broad SMARTS) is 1. The average Bonchev–Trinajstić information content (AvgIpc) is 3.16. The number of hydrogen-bond donors (Lipinski definition) is 8. The highest BCUT2D eigenvalue weighted by Crippen LogP contribution is 2.76. The minimum absolute atomic E-state index is 0.0329. The highest BCUT2D eigenvalue weighted by molar-refractivity contribution is 5.77. The molecule has 56 heavy (non-hydrogen) atoms. The summed E-state index contributed by atoms with van der Waals surface area (Å²) in [7, 11) is 1.91. The molecule has 0 amide bonds. The van der Waals surface area contributed by atoms with Crippen molar-refractivity contribution in [1.29, 1.82) is 0 Å². The molecule has 0 unspecified atom stereocenters. The Bertz CT molecular complexity index is 1640. The summed E-state index contributed by atoms with van der Waals surface area (Å²) in [6.45, 7) is 11.5. The number of fused-ring (bicyclic) bond motifs is 7. The van der Waals surface area contributed by atoms with E-state index in [1.54, 1.807) is 0 Å². The summed E-state index contributed by atoms with van der Waals surface area (Å²) in [6.07, 6.45) is -0.845. The van der Waals surface area contributed by atoms with E-state index in [-0.39, 0.29) is 60.9 Å². The number of benzene rings is 1. The van der Waals surface area contributed by atoms with Crippen LogP contribution >= 0.6 is 0 Å². The van der Waals surface area contributed by atoms with Gasteiger partial charge in [-0.25, -0.2) is 0 Å². The van der Waals surface area contributed by atoms with Crippen molar-refractivity contribution in [3.05, 3.63) is 47.0 Å². The van der Waals surface area contributed by atoms with Crippen LogP contribution in [-0.2, 0) is 32.2 Å². The van der Waals surface area contributed by atoms with Gasteiger partial charge in [0, 0.05) is 18.6 Å². The Morgan fingerprint density at radius 1 is 0.893 bits per heavy atom. The maximum Gasteiger partial charge on any atom is 0.312 e. The molecule has 5 fully saturated rings. The van der Waals surface area contributed by atoms with Crippen LogP contribution in [0.15, 0.2) is 35.9 Å². The van der Waals surface area contributed by atoms with Crippen LogP contribution < -0.4 is 5.32 Å². The summed E-state index contributed by atoms with van der Waals surface area (Å²) in [5.41, 5.74) is -0.495.